The van der Waals surface area contributed by atoms with Gasteiger partial charge < -0.3 is 5.11 Å². The van der Waals surface area contributed by atoms with Crippen LogP contribution in [0.4, 0.5) is 0 Å². The molecule has 0 bridgehead atoms. The van der Waals surface area contributed by atoms with E-state index >= 15 is 0 Å². The van der Waals surface area contributed by atoms with Crippen molar-refractivity contribution in [3.05, 3.63) is 20.3 Å². The summed E-state index contributed by atoms with van der Waals surface area (Å²) in [6, 6.07) is 1.73. The van der Waals surface area contributed by atoms with Crippen molar-refractivity contribution in [3.8, 4) is 0 Å². The van der Waals surface area contributed by atoms with Gasteiger partial charge in [-0.1, -0.05) is 0 Å². The molecule has 0 fully saturated rings. The number of hydrogen-bond acceptors (Lipinski definition) is 3. The Morgan fingerprint density at radius 2 is 2.23 bits per heavy atom. The molecular formula is C8H5BrO2S2. The summed E-state index contributed by atoms with van der Waals surface area (Å²) in [5, 5.41) is 8.76. The number of fused-ring (bicyclic) bond motifs is 1. The normalized spacial score (nSPS) is 10.9. The molecule has 0 saturated carbocycles. The lowest BCUT2D eigenvalue weighted by atomic mass is 10.4. The Kier molecular flexibility index (Phi) is 2.17. The predicted molar refractivity (Wildman–Crippen MR) is 59.1 cm³/mol. The van der Waals surface area contributed by atoms with E-state index in [0.717, 1.165) is 13.9 Å². The number of hydrogen-bond donors (Lipinski definition) is 1. The van der Waals surface area contributed by atoms with Gasteiger partial charge in [-0.05, 0) is 28.9 Å². The van der Waals surface area contributed by atoms with E-state index in [2.05, 4.69) is 15.9 Å². The van der Waals surface area contributed by atoms with Gasteiger partial charge in [-0.25, -0.2) is 4.79 Å². The van der Waals surface area contributed by atoms with Gasteiger partial charge in [-0.3, -0.25) is 0 Å². The molecule has 2 aromatic heterocycles. The Morgan fingerprint density at radius 1 is 1.54 bits per heavy atom. The maximum absolute atomic E-state index is 10.7. The summed E-state index contributed by atoms with van der Waals surface area (Å²) in [5.74, 6) is -0.849. The molecule has 0 saturated heterocycles. The quantitative estimate of drug-likeness (QED) is 0.862. The Hall–Kier alpha value is -0.390. The van der Waals surface area contributed by atoms with Crippen LogP contribution in [0.3, 0.4) is 0 Å². The Morgan fingerprint density at radius 3 is 2.77 bits per heavy atom. The molecule has 2 rings (SSSR count). The van der Waals surface area contributed by atoms with Crippen molar-refractivity contribution in [1.82, 2.24) is 0 Å². The number of aromatic carboxylic acids is 1. The average molecular weight is 277 g/mol. The molecule has 0 aliphatic heterocycles. The van der Waals surface area contributed by atoms with E-state index in [1.807, 2.05) is 6.92 Å². The van der Waals surface area contributed by atoms with E-state index in [-0.39, 0.29) is 0 Å². The van der Waals surface area contributed by atoms with Crippen LogP contribution >= 0.6 is 38.6 Å². The van der Waals surface area contributed by atoms with Crippen LogP contribution in [0.1, 0.15) is 14.5 Å². The number of carbonyl (C=O) groups is 1. The van der Waals surface area contributed by atoms with Crippen molar-refractivity contribution in [2.45, 2.75) is 6.92 Å². The highest BCUT2D eigenvalue weighted by molar-refractivity contribution is 9.10. The van der Waals surface area contributed by atoms with E-state index in [0.29, 0.717) is 4.88 Å². The Balaban J connectivity index is 2.72. The Bertz CT molecular complexity index is 484. The second kappa shape index (κ2) is 3.08. The number of aryl methyl sites for hydroxylation is 1. The number of thiophene rings is 2. The molecule has 5 heteroatoms. The van der Waals surface area contributed by atoms with Gasteiger partial charge in [-0.2, -0.15) is 0 Å². The van der Waals surface area contributed by atoms with Gasteiger partial charge in [0.2, 0.25) is 0 Å². The van der Waals surface area contributed by atoms with Crippen molar-refractivity contribution in [2.75, 3.05) is 0 Å². The van der Waals surface area contributed by atoms with Crippen LogP contribution in [0.25, 0.3) is 9.40 Å². The first-order valence-corrected chi connectivity index (χ1v) is 5.94. The molecule has 0 unspecified atom stereocenters. The van der Waals surface area contributed by atoms with Gasteiger partial charge in [0.05, 0.1) is 4.70 Å². The lowest BCUT2D eigenvalue weighted by Gasteiger charge is -1.85. The first kappa shape index (κ1) is 9.18. The smallest absolute Gasteiger partial charge is 0.345 e. The summed E-state index contributed by atoms with van der Waals surface area (Å²) in [4.78, 5) is 12.3. The molecule has 2 heterocycles. The summed E-state index contributed by atoms with van der Waals surface area (Å²) < 4.78 is 3.12. The molecule has 0 aliphatic rings. The van der Waals surface area contributed by atoms with Crippen LogP contribution in [0.2, 0.25) is 0 Å². The minimum atomic E-state index is -0.849. The zero-order chi connectivity index (χ0) is 9.59. The largest absolute Gasteiger partial charge is 0.477 e. The highest BCUT2D eigenvalue weighted by Gasteiger charge is 2.13. The summed E-state index contributed by atoms with van der Waals surface area (Å²) in [6.07, 6.45) is 0. The van der Waals surface area contributed by atoms with Crippen LogP contribution in [0, 0.1) is 6.92 Å². The van der Waals surface area contributed by atoms with Crippen LogP contribution in [0.5, 0.6) is 0 Å². The van der Waals surface area contributed by atoms with Crippen molar-refractivity contribution < 1.29 is 9.90 Å². The number of halogens is 1. The molecule has 13 heavy (non-hydrogen) atoms. The second-order valence-corrected chi connectivity index (χ2v) is 5.68. The molecule has 2 nitrogen and oxygen atoms in total. The molecular weight excluding hydrogens is 272 g/mol. The first-order valence-electron chi connectivity index (χ1n) is 3.51. The lowest BCUT2D eigenvalue weighted by Crippen LogP contribution is -1.89. The minimum absolute atomic E-state index is 0.405. The third-order valence-corrected chi connectivity index (χ3v) is 5.52. The molecule has 0 radical (unpaired) electrons. The molecule has 1 N–H and O–H groups in total. The third kappa shape index (κ3) is 1.41. The van der Waals surface area contributed by atoms with Gasteiger partial charge in [0.15, 0.2) is 0 Å². The molecule has 68 valence electrons. The summed E-state index contributed by atoms with van der Waals surface area (Å²) in [7, 11) is 0. The monoisotopic (exact) mass is 276 g/mol. The minimum Gasteiger partial charge on any atom is -0.477 e. The third-order valence-electron chi connectivity index (χ3n) is 1.68. The van der Waals surface area contributed by atoms with Crippen molar-refractivity contribution in [2.24, 2.45) is 0 Å². The van der Waals surface area contributed by atoms with Gasteiger partial charge in [0, 0.05) is 14.0 Å². The van der Waals surface area contributed by atoms with Crippen LogP contribution < -0.4 is 0 Å². The molecule has 0 atom stereocenters. The topological polar surface area (TPSA) is 37.3 Å². The van der Waals surface area contributed by atoms with E-state index in [1.54, 1.807) is 17.4 Å². The van der Waals surface area contributed by atoms with Crippen molar-refractivity contribution in [1.29, 1.82) is 0 Å². The second-order valence-electron chi connectivity index (χ2n) is 2.58. The summed E-state index contributed by atoms with van der Waals surface area (Å²) >= 11 is 6.38. The fourth-order valence-corrected chi connectivity index (χ4v) is 4.08. The number of rotatable bonds is 1. The van der Waals surface area contributed by atoms with E-state index in [1.165, 1.54) is 16.2 Å². The summed E-state index contributed by atoms with van der Waals surface area (Å²) in [6.45, 7) is 2.02. The lowest BCUT2D eigenvalue weighted by molar-refractivity contribution is 0.0702. The highest BCUT2D eigenvalue weighted by Crippen LogP contribution is 2.40. The number of carboxylic acid groups (broad SMARTS) is 1. The molecule has 0 amide bonds. The van der Waals surface area contributed by atoms with Crippen molar-refractivity contribution >= 4 is 54.0 Å². The van der Waals surface area contributed by atoms with E-state index < -0.39 is 5.97 Å². The zero-order valence-electron chi connectivity index (χ0n) is 6.63. The van der Waals surface area contributed by atoms with Gasteiger partial charge in [0.1, 0.15) is 4.88 Å². The van der Waals surface area contributed by atoms with Crippen LogP contribution in [0.15, 0.2) is 10.5 Å². The predicted octanol–water partition coefficient (Wildman–Crippen LogP) is 3.73. The standard InChI is InChI=1S/C8H5BrO2S2/c1-3-6(9)7-4(12-3)2-5(13-7)8(10)11/h2H,1H3,(H,10,11). The van der Waals surface area contributed by atoms with Gasteiger partial charge in [0.25, 0.3) is 0 Å². The van der Waals surface area contributed by atoms with Gasteiger partial charge in [-0.15, -0.1) is 22.7 Å². The Labute approximate surface area is 90.9 Å². The fourth-order valence-electron chi connectivity index (χ4n) is 1.08. The molecule has 2 aromatic rings. The van der Waals surface area contributed by atoms with E-state index in [4.69, 9.17) is 5.11 Å². The zero-order valence-corrected chi connectivity index (χ0v) is 9.85. The van der Waals surface area contributed by atoms with Crippen LogP contribution in [-0.4, -0.2) is 11.1 Å². The molecule has 0 spiro atoms. The fraction of sp³-hybridized carbons (Fsp3) is 0.125. The summed E-state index contributed by atoms with van der Waals surface area (Å²) in [5.41, 5.74) is 0. The van der Waals surface area contributed by atoms with Crippen molar-refractivity contribution in [3.63, 3.8) is 0 Å². The van der Waals surface area contributed by atoms with Gasteiger partial charge >= 0.3 is 5.97 Å². The maximum Gasteiger partial charge on any atom is 0.345 e. The molecule has 0 aliphatic carbocycles. The molecule has 0 aromatic carbocycles. The first-order chi connectivity index (χ1) is 6.09. The SMILES string of the molecule is Cc1sc2cc(C(=O)O)sc2c1Br. The number of carboxylic acids is 1. The maximum atomic E-state index is 10.7. The van der Waals surface area contributed by atoms with E-state index in [9.17, 15) is 4.79 Å². The highest BCUT2D eigenvalue weighted by atomic mass is 79.9. The van der Waals surface area contributed by atoms with Crippen LogP contribution in [-0.2, 0) is 0 Å². The average Bonchev–Trinajstić information content (AvgIpc) is 2.55.